The van der Waals surface area contributed by atoms with Crippen LogP contribution in [0.5, 0.6) is 11.5 Å². The summed E-state index contributed by atoms with van der Waals surface area (Å²) in [6, 6.07) is 15.4. The van der Waals surface area contributed by atoms with Crippen molar-refractivity contribution in [3.05, 3.63) is 64.9 Å². The van der Waals surface area contributed by atoms with Crippen LogP contribution < -0.4 is 14.8 Å². The number of hydrogen-bond acceptors (Lipinski definition) is 4. The van der Waals surface area contributed by atoms with E-state index < -0.39 is 11.7 Å². The smallest absolute Gasteiger partial charge is 0.262 e. The Hall–Kier alpha value is -2.64. The third kappa shape index (κ3) is 5.43. The number of methoxy groups -OCH3 is 1. The molecule has 7 heteroatoms. The first-order valence-electron chi connectivity index (χ1n) is 8.58. The van der Waals surface area contributed by atoms with Gasteiger partial charge >= 0.3 is 0 Å². The Morgan fingerprint density at radius 2 is 1.79 bits per heavy atom. The second-order valence-electron chi connectivity index (χ2n) is 5.97. The van der Waals surface area contributed by atoms with Gasteiger partial charge in [-0.25, -0.2) is 4.39 Å². The van der Waals surface area contributed by atoms with Crippen molar-refractivity contribution in [1.29, 1.82) is 0 Å². The molecule has 146 valence electrons. The van der Waals surface area contributed by atoms with Crippen LogP contribution in [0.2, 0.25) is 0 Å². The molecule has 1 amide bonds. The average molecular weight is 448 g/mol. The molecular formula is C21H19BrFNO4. The van der Waals surface area contributed by atoms with Gasteiger partial charge in [-0.3, -0.25) is 4.79 Å². The van der Waals surface area contributed by atoms with Gasteiger partial charge in [-0.2, -0.15) is 0 Å². The largest absolute Gasteiger partial charge is 0.489 e. The predicted molar refractivity (Wildman–Crippen MR) is 110 cm³/mol. The molecule has 0 spiro atoms. The van der Waals surface area contributed by atoms with Crippen LogP contribution in [0.4, 0.5) is 10.1 Å². The first-order valence-corrected chi connectivity index (χ1v) is 9.38. The molecule has 0 unspecified atom stereocenters. The molecule has 0 fully saturated rings. The maximum Gasteiger partial charge on any atom is 0.262 e. The summed E-state index contributed by atoms with van der Waals surface area (Å²) in [7, 11) is 1.56. The van der Waals surface area contributed by atoms with E-state index in [0.29, 0.717) is 18.1 Å². The molecule has 0 heterocycles. The summed E-state index contributed by atoms with van der Waals surface area (Å²) in [6.07, 6.45) is 0. The molecule has 0 atom stereocenters. The summed E-state index contributed by atoms with van der Waals surface area (Å²) in [5.41, 5.74) is 0.244. The van der Waals surface area contributed by atoms with Crippen LogP contribution in [0.15, 0.2) is 59.1 Å². The highest BCUT2D eigenvalue weighted by Gasteiger charge is 2.11. The first-order chi connectivity index (χ1) is 13.5. The van der Waals surface area contributed by atoms with Crippen molar-refractivity contribution in [2.24, 2.45) is 0 Å². The summed E-state index contributed by atoms with van der Waals surface area (Å²) >= 11 is 3.43. The van der Waals surface area contributed by atoms with E-state index in [9.17, 15) is 9.18 Å². The van der Waals surface area contributed by atoms with Gasteiger partial charge < -0.3 is 19.5 Å². The van der Waals surface area contributed by atoms with Gasteiger partial charge in [0.15, 0.2) is 6.61 Å². The van der Waals surface area contributed by atoms with Crippen molar-refractivity contribution in [3.8, 4) is 11.5 Å². The van der Waals surface area contributed by atoms with Crippen LogP contribution in [0, 0.1) is 5.82 Å². The number of carbonyl (C=O) groups is 1. The van der Waals surface area contributed by atoms with Gasteiger partial charge in [0.2, 0.25) is 0 Å². The molecule has 0 saturated carbocycles. The highest BCUT2D eigenvalue weighted by molar-refractivity contribution is 9.10. The number of carbonyl (C=O) groups excluding carboxylic acids is 1. The zero-order valence-corrected chi connectivity index (χ0v) is 16.8. The number of ether oxygens (including phenoxy) is 3. The van der Waals surface area contributed by atoms with Crippen molar-refractivity contribution >= 4 is 38.3 Å². The Morgan fingerprint density at radius 3 is 2.61 bits per heavy atom. The van der Waals surface area contributed by atoms with E-state index in [0.717, 1.165) is 15.2 Å². The van der Waals surface area contributed by atoms with Gasteiger partial charge in [-0.15, -0.1) is 0 Å². The maximum atomic E-state index is 13.5. The summed E-state index contributed by atoms with van der Waals surface area (Å²) < 4.78 is 30.5. The SMILES string of the molecule is COCCOc1ccc(F)cc1NC(=O)COc1ccc2cc(Br)ccc2c1. The van der Waals surface area contributed by atoms with Crippen LogP contribution in [0.25, 0.3) is 10.8 Å². The van der Waals surface area contributed by atoms with Crippen LogP contribution >= 0.6 is 15.9 Å². The highest BCUT2D eigenvalue weighted by atomic mass is 79.9. The number of rotatable bonds is 8. The Labute approximate surface area is 170 Å². The van der Waals surface area contributed by atoms with Gasteiger partial charge in [-0.1, -0.05) is 28.1 Å². The standard InChI is InChI=1S/C21H19BrFNO4/c1-26-8-9-27-20-7-5-17(23)12-19(20)24-21(25)13-28-18-6-3-14-10-16(22)4-2-15(14)11-18/h2-7,10-12H,8-9,13H2,1H3,(H,24,25). The van der Waals surface area contributed by atoms with Crippen molar-refractivity contribution < 1.29 is 23.4 Å². The third-order valence-corrected chi connectivity index (χ3v) is 4.40. The molecule has 0 bridgehead atoms. The molecule has 0 aromatic heterocycles. The Kier molecular flexibility index (Phi) is 6.84. The third-order valence-electron chi connectivity index (χ3n) is 3.90. The predicted octanol–water partition coefficient (Wildman–Crippen LogP) is 4.78. The average Bonchev–Trinajstić information content (AvgIpc) is 2.68. The fourth-order valence-corrected chi connectivity index (χ4v) is 2.96. The quantitative estimate of drug-likeness (QED) is 0.504. The lowest BCUT2D eigenvalue weighted by Gasteiger charge is -2.13. The van der Waals surface area contributed by atoms with E-state index in [-0.39, 0.29) is 18.9 Å². The zero-order valence-electron chi connectivity index (χ0n) is 15.2. The molecule has 0 radical (unpaired) electrons. The van der Waals surface area contributed by atoms with E-state index in [2.05, 4.69) is 21.2 Å². The van der Waals surface area contributed by atoms with Crippen molar-refractivity contribution in [1.82, 2.24) is 0 Å². The number of halogens is 2. The molecular weight excluding hydrogens is 429 g/mol. The minimum absolute atomic E-state index is 0.212. The molecule has 0 aliphatic heterocycles. The number of nitrogens with one attached hydrogen (secondary N) is 1. The number of benzene rings is 3. The molecule has 5 nitrogen and oxygen atoms in total. The Balaban J connectivity index is 1.62. The molecule has 3 aromatic rings. The van der Waals surface area contributed by atoms with E-state index >= 15 is 0 Å². The van der Waals surface area contributed by atoms with Gasteiger partial charge in [0.05, 0.1) is 12.3 Å². The van der Waals surface area contributed by atoms with E-state index in [1.807, 2.05) is 30.3 Å². The zero-order chi connectivity index (χ0) is 19.9. The molecule has 3 rings (SSSR count). The topological polar surface area (TPSA) is 56.8 Å². The van der Waals surface area contributed by atoms with Crippen LogP contribution in [-0.2, 0) is 9.53 Å². The van der Waals surface area contributed by atoms with Gasteiger partial charge in [0.25, 0.3) is 5.91 Å². The lowest BCUT2D eigenvalue weighted by molar-refractivity contribution is -0.118. The van der Waals surface area contributed by atoms with Crippen LogP contribution in [-0.4, -0.2) is 32.8 Å². The molecule has 0 saturated heterocycles. The molecule has 1 N–H and O–H groups in total. The lowest BCUT2D eigenvalue weighted by atomic mass is 10.1. The normalized spacial score (nSPS) is 10.7. The molecule has 3 aromatic carbocycles. The van der Waals surface area contributed by atoms with Gasteiger partial charge in [0.1, 0.15) is 23.9 Å². The van der Waals surface area contributed by atoms with Crippen molar-refractivity contribution in [2.45, 2.75) is 0 Å². The number of anilines is 1. The minimum Gasteiger partial charge on any atom is -0.489 e. The summed E-state index contributed by atoms with van der Waals surface area (Å²) in [5.74, 6) is 0.0398. The summed E-state index contributed by atoms with van der Waals surface area (Å²) in [5, 5.41) is 4.68. The summed E-state index contributed by atoms with van der Waals surface area (Å²) in [4.78, 5) is 12.2. The van der Waals surface area contributed by atoms with E-state index in [1.165, 1.54) is 18.2 Å². The first kappa shape index (κ1) is 20.1. The summed E-state index contributed by atoms with van der Waals surface area (Å²) in [6.45, 7) is 0.456. The Morgan fingerprint density at radius 1 is 1.00 bits per heavy atom. The van der Waals surface area contributed by atoms with Gasteiger partial charge in [-0.05, 0) is 47.2 Å². The number of hydrogen-bond donors (Lipinski definition) is 1. The molecule has 28 heavy (non-hydrogen) atoms. The number of amides is 1. The van der Waals surface area contributed by atoms with Crippen molar-refractivity contribution in [2.75, 3.05) is 32.2 Å². The fourth-order valence-electron chi connectivity index (χ4n) is 2.58. The monoisotopic (exact) mass is 447 g/mol. The lowest BCUT2D eigenvalue weighted by Crippen LogP contribution is -2.21. The maximum absolute atomic E-state index is 13.5. The van der Waals surface area contributed by atoms with E-state index in [4.69, 9.17) is 14.2 Å². The second-order valence-corrected chi connectivity index (χ2v) is 6.89. The highest BCUT2D eigenvalue weighted by Crippen LogP contribution is 2.26. The van der Waals surface area contributed by atoms with Gasteiger partial charge in [0, 0.05) is 17.6 Å². The molecule has 0 aliphatic rings. The fraction of sp³-hybridized carbons (Fsp3) is 0.190. The van der Waals surface area contributed by atoms with Crippen LogP contribution in [0.1, 0.15) is 0 Å². The van der Waals surface area contributed by atoms with E-state index in [1.54, 1.807) is 13.2 Å². The molecule has 0 aliphatic carbocycles. The second kappa shape index (κ2) is 9.52. The Bertz CT molecular complexity index is 980. The van der Waals surface area contributed by atoms with Crippen molar-refractivity contribution in [3.63, 3.8) is 0 Å². The minimum atomic E-state index is -0.476. The van der Waals surface area contributed by atoms with Crippen LogP contribution in [0.3, 0.4) is 0 Å². The number of fused-ring (bicyclic) bond motifs is 1.